The molecule has 6 rings (SSSR count). The van der Waals surface area contributed by atoms with Crippen LogP contribution in [-0.2, 0) is 28.7 Å². The second-order valence-corrected chi connectivity index (χ2v) is 14.5. The van der Waals surface area contributed by atoms with E-state index in [9.17, 15) is 32.8 Å². The summed E-state index contributed by atoms with van der Waals surface area (Å²) < 4.78 is 45.9. The van der Waals surface area contributed by atoms with E-state index in [1.54, 1.807) is 20.8 Å². The van der Waals surface area contributed by atoms with Crippen molar-refractivity contribution < 1.29 is 47.0 Å². The summed E-state index contributed by atoms with van der Waals surface area (Å²) in [5.41, 5.74) is 6.76. The van der Waals surface area contributed by atoms with Crippen molar-refractivity contribution in [1.29, 1.82) is 0 Å². The van der Waals surface area contributed by atoms with Crippen molar-refractivity contribution in [3.8, 4) is 16.9 Å². The highest BCUT2D eigenvalue weighted by molar-refractivity contribution is 6.03. The molecule has 3 aromatic rings. The molecule has 13 nitrogen and oxygen atoms in total. The summed E-state index contributed by atoms with van der Waals surface area (Å²) >= 11 is 0. The molecule has 2 aliphatic heterocycles. The van der Waals surface area contributed by atoms with Gasteiger partial charge < -0.3 is 40.4 Å². The zero-order valence-corrected chi connectivity index (χ0v) is 29.9. The highest BCUT2D eigenvalue weighted by Gasteiger charge is 2.58. The number of rotatable bonds is 9. The molecule has 4 atom stereocenters. The van der Waals surface area contributed by atoms with E-state index in [0.717, 1.165) is 38.1 Å². The summed E-state index contributed by atoms with van der Waals surface area (Å²) in [5.74, 6) is -5.92. The maximum atomic E-state index is 14.4. The average molecular weight is 734 g/mol. The third kappa shape index (κ3) is 7.25. The van der Waals surface area contributed by atoms with Crippen molar-refractivity contribution in [3.63, 3.8) is 0 Å². The molecule has 5 amide bonds. The number of nitrogens with zero attached hydrogens (tertiary/aromatic N) is 2. The monoisotopic (exact) mass is 733 g/mol. The van der Waals surface area contributed by atoms with Gasteiger partial charge in [0.15, 0.2) is 11.6 Å². The van der Waals surface area contributed by atoms with Crippen LogP contribution in [0.3, 0.4) is 0 Å². The van der Waals surface area contributed by atoms with Crippen LogP contribution in [-0.4, -0.2) is 95.7 Å². The highest BCUT2D eigenvalue weighted by atomic mass is 19.1. The minimum absolute atomic E-state index is 0.0156. The maximum absolute atomic E-state index is 14.4. The van der Waals surface area contributed by atoms with E-state index in [2.05, 4.69) is 10.6 Å². The molecule has 15 heteroatoms. The molecule has 3 aliphatic rings. The zero-order valence-electron chi connectivity index (χ0n) is 29.9. The smallest absolute Gasteiger partial charge is 0.407 e. The summed E-state index contributed by atoms with van der Waals surface area (Å²) in [6.07, 6.45) is -1.28. The van der Waals surface area contributed by atoms with E-state index in [4.69, 9.17) is 19.9 Å². The Morgan fingerprint density at radius 2 is 1.70 bits per heavy atom. The first-order valence-corrected chi connectivity index (χ1v) is 17.1. The predicted octanol–water partition coefficient (Wildman–Crippen LogP) is 3.69. The fourth-order valence-corrected chi connectivity index (χ4v) is 7.04. The van der Waals surface area contributed by atoms with Gasteiger partial charge in [0.2, 0.25) is 23.3 Å². The van der Waals surface area contributed by atoms with Gasteiger partial charge in [0.05, 0.1) is 18.8 Å². The van der Waals surface area contributed by atoms with E-state index in [1.165, 1.54) is 14.0 Å². The number of alkyl carbamates (subject to hydrolysis) is 1. The molecule has 0 saturated carbocycles. The van der Waals surface area contributed by atoms with Gasteiger partial charge in [-0.1, -0.05) is 48.5 Å². The van der Waals surface area contributed by atoms with E-state index in [0.29, 0.717) is 6.07 Å². The summed E-state index contributed by atoms with van der Waals surface area (Å²) in [6, 6.07) is 13.2. The number of nitrogens with one attached hydrogen (secondary N) is 2. The number of anilines is 1. The van der Waals surface area contributed by atoms with Crippen molar-refractivity contribution in [2.75, 3.05) is 32.1 Å². The molecule has 3 aromatic carbocycles. The van der Waals surface area contributed by atoms with Gasteiger partial charge in [-0.15, -0.1) is 0 Å². The first-order valence-electron chi connectivity index (χ1n) is 17.1. The molecule has 2 heterocycles. The molecule has 0 aromatic heterocycles. The molecule has 0 radical (unpaired) electrons. The largest absolute Gasteiger partial charge is 0.473 e. The number of amides is 5. The van der Waals surface area contributed by atoms with Crippen LogP contribution in [0, 0.1) is 11.6 Å². The number of halogens is 2. The number of ether oxygens (including phenoxy) is 3. The lowest BCUT2D eigenvalue weighted by Crippen LogP contribution is -2.59. The second kappa shape index (κ2) is 14.1. The maximum Gasteiger partial charge on any atom is 0.407 e. The Bertz CT molecular complexity index is 1940. The number of nitrogens with two attached hydrogens (primary N) is 1. The molecule has 0 unspecified atom stereocenters. The van der Waals surface area contributed by atoms with Crippen LogP contribution in [0.2, 0.25) is 0 Å². The zero-order chi connectivity index (χ0) is 38.4. The summed E-state index contributed by atoms with van der Waals surface area (Å²) in [5, 5.41) is 4.90. The SMILES string of the molecule is C[C@H](NC(=O)OCC1c2ccccc2-c2ccccc21)C(=O)N(C)[C@@H](COC(C)(C)C)C(=O)N1C[C@@]2(C[C@H]1C(N)=O)Oc1cc(F)cc(F)c1NC2=O. The number of fused-ring (bicyclic) bond motifs is 4. The number of primary amides is 1. The van der Waals surface area contributed by atoms with Gasteiger partial charge in [-0.2, -0.15) is 0 Å². The van der Waals surface area contributed by atoms with E-state index in [-0.39, 0.29) is 30.6 Å². The lowest BCUT2D eigenvalue weighted by Gasteiger charge is -2.36. The first kappa shape index (κ1) is 37.2. The van der Waals surface area contributed by atoms with Crippen LogP contribution in [0.4, 0.5) is 19.3 Å². The Labute approximate surface area is 304 Å². The molecule has 1 aliphatic carbocycles. The van der Waals surface area contributed by atoms with Crippen molar-refractivity contribution in [3.05, 3.63) is 83.4 Å². The summed E-state index contributed by atoms with van der Waals surface area (Å²) in [4.78, 5) is 69.3. The van der Waals surface area contributed by atoms with Gasteiger partial charge in [0, 0.05) is 31.5 Å². The predicted molar refractivity (Wildman–Crippen MR) is 188 cm³/mol. The topological polar surface area (TPSA) is 170 Å². The van der Waals surface area contributed by atoms with Crippen molar-refractivity contribution >= 4 is 35.4 Å². The van der Waals surface area contributed by atoms with Crippen molar-refractivity contribution in [1.82, 2.24) is 15.1 Å². The van der Waals surface area contributed by atoms with Gasteiger partial charge in [0.25, 0.3) is 5.91 Å². The van der Waals surface area contributed by atoms with Crippen molar-refractivity contribution in [2.24, 2.45) is 5.73 Å². The number of likely N-dealkylation sites (tertiary alicyclic amines) is 1. The molecule has 0 bridgehead atoms. The number of benzene rings is 3. The number of hydrogen-bond donors (Lipinski definition) is 3. The first-order chi connectivity index (χ1) is 25.0. The third-order valence-corrected chi connectivity index (χ3v) is 9.74. The highest BCUT2D eigenvalue weighted by Crippen LogP contribution is 2.45. The normalized spacial score (nSPS) is 20.0. The molecule has 1 fully saturated rings. The average Bonchev–Trinajstić information content (AvgIpc) is 3.64. The van der Waals surface area contributed by atoms with Crippen LogP contribution in [0.25, 0.3) is 11.1 Å². The Kier molecular flexibility index (Phi) is 9.90. The summed E-state index contributed by atoms with van der Waals surface area (Å²) in [6.45, 7) is 5.79. The van der Waals surface area contributed by atoms with Crippen LogP contribution in [0.15, 0.2) is 60.7 Å². The third-order valence-electron chi connectivity index (χ3n) is 9.74. The standard InChI is InChI=1S/C38H41F2N5O8/c1-20(42-36(50)51-17-26-24-12-8-6-10-22(24)23-11-7-9-13-25(23)26)33(47)44(5)29(18-52-37(2,3)4)34(48)45-19-38(16-28(45)32(41)46)35(49)43-31-27(40)14-21(39)15-30(31)53-38/h6-15,20,26,28-29H,16-19H2,1-5H3,(H2,41,46)(H,42,50)(H,43,49)/t20-,28-,29-,38+/m0/s1. The van der Waals surface area contributed by atoms with Crippen LogP contribution < -0.4 is 21.1 Å². The van der Waals surface area contributed by atoms with Gasteiger partial charge in [-0.25, -0.2) is 13.6 Å². The van der Waals surface area contributed by atoms with Crippen LogP contribution >= 0.6 is 0 Å². The quantitative estimate of drug-likeness (QED) is 0.299. The number of hydrogen-bond acceptors (Lipinski definition) is 8. The molecular weight excluding hydrogens is 692 g/mol. The van der Waals surface area contributed by atoms with Gasteiger partial charge in [-0.3, -0.25) is 19.2 Å². The molecular formula is C38H41F2N5O8. The molecule has 4 N–H and O–H groups in total. The minimum Gasteiger partial charge on any atom is -0.473 e. The second-order valence-electron chi connectivity index (χ2n) is 14.5. The minimum atomic E-state index is -1.93. The van der Waals surface area contributed by atoms with Crippen molar-refractivity contribution in [2.45, 2.75) is 69.4 Å². The number of likely N-dealkylation sites (N-methyl/N-ethyl adjacent to an activating group) is 1. The van der Waals surface area contributed by atoms with Gasteiger partial charge in [-0.05, 0) is 49.9 Å². The Balaban J connectivity index is 1.17. The number of carbonyl (C=O) groups excluding carboxylic acids is 5. The molecule has 280 valence electrons. The van der Waals surface area contributed by atoms with E-state index < -0.39 is 83.6 Å². The summed E-state index contributed by atoms with van der Waals surface area (Å²) in [7, 11) is 1.34. The lowest BCUT2D eigenvalue weighted by molar-refractivity contribution is -0.152. The Morgan fingerprint density at radius 1 is 1.08 bits per heavy atom. The molecule has 53 heavy (non-hydrogen) atoms. The fraction of sp³-hybridized carbons (Fsp3) is 0.395. The fourth-order valence-electron chi connectivity index (χ4n) is 7.04. The van der Waals surface area contributed by atoms with E-state index in [1.807, 2.05) is 48.5 Å². The number of carbonyl (C=O) groups is 5. The molecule has 1 spiro atoms. The lowest BCUT2D eigenvalue weighted by atomic mass is 9.96. The van der Waals surface area contributed by atoms with E-state index >= 15 is 0 Å². The Hall–Kier alpha value is -5.57. The van der Waals surface area contributed by atoms with Gasteiger partial charge in [0.1, 0.15) is 36.2 Å². The molecule has 1 saturated heterocycles. The van der Waals surface area contributed by atoms with Gasteiger partial charge >= 0.3 is 6.09 Å². The van der Waals surface area contributed by atoms with Crippen LogP contribution in [0.5, 0.6) is 5.75 Å². The van der Waals surface area contributed by atoms with Crippen LogP contribution in [0.1, 0.15) is 51.2 Å². The Morgan fingerprint density at radius 3 is 2.30 bits per heavy atom.